The van der Waals surface area contributed by atoms with Gasteiger partial charge in [-0.3, -0.25) is 0 Å². The first-order valence-electron chi connectivity index (χ1n) is 5.54. The first-order chi connectivity index (χ1) is 8.15. The summed E-state index contributed by atoms with van der Waals surface area (Å²) in [5.41, 5.74) is 0.841. The van der Waals surface area contributed by atoms with Crippen molar-refractivity contribution in [1.82, 2.24) is 4.98 Å². The predicted octanol–water partition coefficient (Wildman–Crippen LogP) is 2.95. The topological polar surface area (TPSA) is 59.1 Å². The van der Waals surface area contributed by atoms with Crippen molar-refractivity contribution in [2.75, 3.05) is 11.2 Å². The van der Waals surface area contributed by atoms with E-state index in [0.717, 1.165) is 15.3 Å². The Morgan fingerprint density at radius 2 is 1.94 bits per heavy atom. The SMILES string of the molecule is C[Si](C)(C)Nc1nc2ccc(S(C)(=O)=O)cc2s1. The zero-order valence-corrected chi connectivity index (χ0v) is 13.4. The van der Waals surface area contributed by atoms with Crippen molar-refractivity contribution in [3.63, 3.8) is 0 Å². The second-order valence-electron chi connectivity index (χ2n) is 5.30. The fourth-order valence-corrected chi connectivity index (χ4v) is 4.81. The average Bonchev–Trinajstić information content (AvgIpc) is 2.53. The lowest BCUT2D eigenvalue weighted by atomic mass is 10.3. The number of hydrogen-bond donors (Lipinski definition) is 1. The highest BCUT2D eigenvalue weighted by Gasteiger charge is 2.16. The van der Waals surface area contributed by atoms with Crippen LogP contribution >= 0.6 is 11.3 Å². The number of nitrogens with zero attached hydrogens (tertiary/aromatic N) is 1. The standard InChI is InChI=1S/C11H16N2O2S2Si/c1-17(14,15)8-5-6-9-10(7-8)16-11(12-9)13-18(2,3)4/h5-7H,1-4H3,(H,12,13). The Kier molecular flexibility index (Phi) is 3.24. The molecule has 0 unspecified atom stereocenters. The third kappa shape index (κ3) is 3.09. The normalized spacial score (nSPS) is 12.9. The zero-order valence-electron chi connectivity index (χ0n) is 10.8. The van der Waals surface area contributed by atoms with Crippen LogP contribution in [-0.4, -0.2) is 27.9 Å². The van der Waals surface area contributed by atoms with Gasteiger partial charge < -0.3 is 4.98 Å². The van der Waals surface area contributed by atoms with Crippen molar-refractivity contribution in [2.45, 2.75) is 24.5 Å². The molecule has 4 nitrogen and oxygen atoms in total. The highest BCUT2D eigenvalue weighted by molar-refractivity contribution is 7.90. The van der Waals surface area contributed by atoms with E-state index in [1.54, 1.807) is 18.2 Å². The van der Waals surface area contributed by atoms with Crippen LogP contribution in [-0.2, 0) is 9.84 Å². The van der Waals surface area contributed by atoms with E-state index in [0.29, 0.717) is 4.90 Å². The number of sulfone groups is 1. The van der Waals surface area contributed by atoms with Gasteiger partial charge in [-0.1, -0.05) is 31.0 Å². The van der Waals surface area contributed by atoms with Crippen molar-refractivity contribution in [3.05, 3.63) is 18.2 Å². The first kappa shape index (κ1) is 13.5. The molecule has 0 bridgehead atoms. The Hall–Kier alpha value is -0.923. The van der Waals surface area contributed by atoms with Gasteiger partial charge in [0.05, 0.1) is 15.1 Å². The van der Waals surface area contributed by atoms with Crippen molar-refractivity contribution < 1.29 is 8.42 Å². The van der Waals surface area contributed by atoms with Gasteiger partial charge in [0.2, 0.25) is 0 Å². The van der Waals surface area contributed by atoms with Crippen molar-refractivity contribution in [1.29, 1.82) is 0 Å². The molecule has 2 aromatic rings. The lowest BCUT2D eigenvalue weighted by Crippen LogP contribution is -2.31. The molecule has 98 valence electrons. The van der Waals surface area contributed by atoms with Gasteiger partial charge in [0.15, 0.2) is 15.0 Å². The summed E-state index contributed by atoms with van der Waals surface area (Å²) in [5.74, 6) is 0. The molecule has 0 saturated heterocycles. The van der Waals surface area contributed by atoms with Crippen LogP contribution in [0.2, 0.25) is 19.6 Å². The summed E-state index contributed by atoms with van der Waals surface area (Å²) < 4.78 is 23.9. The van der Waals surface area contributed by atoms with Crippen molar-refractivity contribution in [3.8, 4) is 0 Å². The molecule has 0 aliphatic carbocycles. The maximum atomic E-state index is 11.5. The van der Waals surface area contributed by atoms with Gasteiger partial charge >= 0.3 is 0 Å². The molecule has 1 N–H and O–H groups in total. The van der Waals surface area contributed by atoms with Gasteiger partial charge in [-0.25, -0.2) is 13.4 Å². The Balaban J connectivity index is 2.46. The first-order valence-corrected chi connectivity index (χ1v) is 11.7. The molecule has 0 atom stereocenters. The van der Waals surface area contributed by atoms with Crippen LogP contribution in [0.4, 0.5) is 5.13 Å². The van der Waals surface area contributed by atoms with E-state index >= 15 is 0 Å². The number of benzene rings is 1. The summed E-state index contributed by atoms with van der Waals surface area (Å²) >= 11 is 1.50. The maximum Gasteiger partial charge on any atom is 0.175 e. The lowest BCUT2D eigenvalue weighted by molar-refractivity contribution is 0.602. The predicted molar refractivity (Wildman–Crippen MR) is 79.7 cm³/mol. The number of rotatable bonds is 3. The van der Waals surface area contributed by atoms with Crippen LogP contribution in [0.1, 0.15) is 0 Å². The molecule has 0 aliphatic heterocycles. The summed E-state index contributed by atoms with van der Waals surface area (Å²) in [6.45, 7) is 6.59. The van der Waals surface area contributed by atoms with E-state index < -0.39 is 18.1 Å². The zero-order chi connectivity index (χ0) is 13.6. The maximum absolute atomic E-state index is 11.5. The summed E-state index contributed by atoms with van der Waals surface area (Å²) in [5, 5.41) is 0.870. The van der Waals surface area contributed by atoms with Gasteiger partial charge in [-0.15, -0.1) is 0 Å². The van der Waals surface area contributed by atoms with Gasteiger partial charge in [0, 0.05) is 6.26 Å². The van der Waals surface area contributed by atoms with Crippen molar-refractivity contribution >= 4 is 44.8 Å². The molecule has 1 heterocycles. The molecule has 0 spiro atoms. The van der Waals surface area contributed by atoms with Crippen molar-refractivity contribution in [2.24, 2.45) is 0 Å². The smallest absolute Gasteiger partial charge is 0.175 e. The molecule has 0 saturated carbocycles. The van der Waals surface area contributed by atoms with Gasteiger partial charge in [-0.05, 0) is 18.2 Å². The van der Waals surface area contributed by atoms with Crippen LogP contribution in [0, 0.1) is 0 Å². The number of nitrogens with one attached hydrogen (secondary N) is 1. The van der Waals surface area contributed by atoms with E-state index in [9.17, 15) is 8.42 Å². The minimum atomic E-state index is -3.15. The molecule has 0 amide bonds. The Labute approximate surface area is 112 Å². The molecule has 1 aromatic heterocycles. The molecular weight excluding hydrogens is 284 g/mol. The Morgan fingerprint density at radius 3 is 2.50 bits per heavy atom. The summed E-state index contributed by atoms with van der Waals surface area (Å²) in [6, 6.07) is 5.06. The van der Waals surface area contributed by atoms with Gasteiger partial charge in [0.25, 0.3) is 0 Å². The summed E-state index contributed by atoms with van der Waals surface area (Å²) in [7, 11) is -4.58. The number of aromatic nitrogens is 1. The molecule has 0 radical (unpaired) electrons. The number of fused-ring (bicyclic) bond motifs is 1. The van der Waals surface area contributed by atoms with E-state index in [1.165, 1.54) is 17.6 Å². The molecule has 0 aliphatic rings. The van der Waals surface area contributed by atoms with E-state index in [-0.39, 0.29) is 0 Å². The molecule has 2 rings (SSSR count). The minimum Gasteiger partial charge on any atom is -0.388 e. The highest BCUT2D eigenvalue weighted by Crippen LogP contribution is 2.29. The average molecular weight is 300 g/mol. The van der Waals surface area contributed by atoms with E-state index in [2.05, 4.69) is 29.6 Å². The van der Waals surface area contributed by atoms with Crippen LogP contribution < -0.4 is 4.98 Å². The van der Waals surface area contributed by atoms with E-state index in [1.807, 2.05) is 0 Å². The molecule has 7 heteroatoms. The molecule has 1 aromatic carbocycles. The molecule has 18 heavy (non-hydrogen) atoms. The number of anilines is 1. The monoisotopic (exact) mass is 300 g/mol. The van der Waals surface area contributed by atoms with Crippen LogP contribution in [0.5, 0.6) is 0 Å². The van der Waals surface area contributed by atoms with Gasteiger partial charge in [0.1, 0.15) is 8.24 Å². The third-order valence-corrected chi connectivity index (χ3v) is 5.48. The quantitative estimate of drug-likeness (QED) is 0.885. The van der Waals surface area contributed by atoms with Crippen LogP contribution in [0.25, 0.3) is 10.2 Å². The number of thiazole rings is 1. The van der Waals surface area contributed by atoms with Gasteiger partial charge in [-0.2, -0.15) is 0 Å². The molecule has 0 fully saturated rings. The Bertz CT molecular complexity index is 687. The fourth-order valence-electron chi connectivity index (χ4n) is 1.51. The third-order valence-electron chi connectivity index (χ3n) is 2.27. The largest absolute Gasteiger partial charge is 0.388 e. The van der Waals surface area contributed by atoms with Crippen LogP contribution in [0.3, 0.4) is 0 Å². The highest BCUT2D eigenvalue weighted by atomic mass is 32.2. The lowest BCUT2D eigenvalue weighted by Gasteiger charge is -2.16. The second kappa shape index (κ2) is 4.32. The molecular formula is C11H16N2O2S2Si. The minimum absolute atomic E-state index is 0.346. The second-order valence-corrected chi connectivity index (χ2v) is 13.1. The van der Waals surface area contributed by atoms with E-state index in [4.69, 9.17) is 0 Å². The fraction of sp³-hybridized carbons (Fsp3) is 0.364. The van der Waals surface area contributed by atoms with Crippen LogP contribution in [0.15, 0.2) is 23.1 Å². The number of hydrogen-bond acceptors (Lipinski definition) is 5. The summed E-state index contributed by atoms with van der Waals surface area (Å²) in [6.07, 6.45) is 1.22. The Morgan fingerprint density at radius 1 is 1.28 bits per heavy atom. The summed E-state index contributed by atoms with van der Waals surface area (Å²) in [4.78, 5) is 8.24.